The molecule has 0 unspecified atom stereocenters. The van der Waals surface area contributed by atoms with E-state index in [1.165, 1.54) is 4.90 Å². The highest BCUT2D eigenvalue weighted by molar-refractivity contribution is 6.11. The van der Waals surface area contributed by atoms with Gasteiger partial charge in [0.15, 0.2) is 0 Å². The van der Waals surface area contributed by atoms with Crippen LogP contribution in [0.2, 0.25) is 0 Å². The van der Waals surface area contributed by atoms with Crippen LogP contribution in [0.4, 0.5) is 16.2 Å². The van der Waals surface area contributed by atoms with Crippen LogP contribution < -0.4 is 20.3 Å². The minimum atomic E-state index is -1.22. The summed E-state index contributed by atoms with van der Waals surface area (Å²) in [4.78, 5) is 54.0. The number of rotatable bonds is 5. The van der Waals surface area contributed by atoms with Crippen LogP contribution >= 0.6 is 0 Å². The average Bonchev–Trinajstić information content (AvgIpc) is 2.90. The quantitative estimate of drug-likeness (QED) is 0.680. The predicted molar refractivity (Wildman–Crippen MR) is 122 cm³/mol. The molecule has 2 aliphatic rings. The van der Waals surface area contributed by atoms with Crippen molar-refractivity contribution in [3.05, 3.63) is 54.1 Å². The number of nitrogens with one attached hydrogen (secondary N) is 2. The van der Waals surface area contributed by atoms with Gasteiger partial charge >= 0.3 is 6.03 Å². The Kier molecular flexibility index (Phi) is 5.80. The van der Waals surface area contributed by atoms with Crippen LogP contribution in [0.25, 0.3) is 0 Å². The monoisotopic (exact) mass is 450 g/mol. The summed E-state index contributed by atoms with van der Waals surface area (Å²) in [7, 11) is 1.54. The summed E-state index contributed by atoms with van der Waals surface area (Å²) < 4.78 is 5.37. The number of para-hydroxylation sites is 3. The largest absolute Gasteiger partial charge is 0.496 e. The first-order chi connectivity index (χ1) is 15.7. The summed E-state index contributed by atoms with van der Waals surface area (Å²) in [6.45, 7) is 2.97. The highest BCUT2D eigenvalue weighted by Crippen LogP contribution is 2.32. The Morgan fingerprint density at radius 1 is 1.12 bits per heavy atom. The van der Waals surface area contributed by atoms with Gasteiger partial charge in [-0.1, -0.05) is 30.3 Å². The number of nitrogens with zero attached hydrogens (tertiary/aromatic N) is 2. The second kappa shape index (κ2) is 8.57. The fraction of sp³-hybridized carbons (Fsp3) is 0.333. The van der Waals surface area contributed by atoms with E-state index >= 15 is 0 Å². The number of urea groups is 1. The van der Waals surface area contributed by atoms with Gasteiger partial charge in [-0.3, -0.25) is 19.3 Å². The maximum Gasteiger partial charge on any atom is 0.325 e. The number of benzene rings is 2. The first-order valence-corrected chi connectivity index (χ1v) is 10.7. The molecule has 1 fully saturated rings. The Bertz CT molecular complexity index is 1130. The van der Waals surface area contributed by atoms with Crippen LogP contribution in [0, 0.1) is 0 Å². The molecular formula is C24H26N4O5. The van der Waals surface area contributed by atoms with Gasteiger partial charge in [-0.05, 0) is 37.6 Å². The van der Waals surface area contributed by atoms with Gasteiger partial charge < -0.3 is 20.3 Å². The van der Waals surface area contributed by atoms with E-state index in [9.17, 15) is 19.2 Å². The van der Waals surface area contributed by atoms with Crippen molar-refractivity contribution in [2.24, 2.45) is 0 Å². The van der Waals surface area contributed by atoms with Crippen molar-refractivity contribution >= 4 is 35.1 Å². The van der Waals surface area contributed by atoms with E-state index in [1.54, 1.807) is 51.3 Å². The number of amides is 5. The summed E-state index contributed by atoms with van der Waals surface area (Å²) in [6.07, 6.45) is 0.319. The predicted octanol–water partition coefficient (Wildman–Crippen LogP) is 2.31. The van der Waals surface area contributed by atoms with Gasteiger partial charge in [0.05, 0.1) is 18.5 Å². The van der Waals surface area contributed by atoms with Crippen molar-refractivity contribution in [3.63, 3.8) is 0 Å². The number of hydrogen-bond acceptors (Lipinski definition) is 5. The van der Waals surface area contributed by atoms with Crippen LogP contribution in [0.5, 0.6) is 5.75 Å². The Labute approximate surface area is 191 Å². The molecule has 2 heterocycles. The molecule has 2 aromatic carbocycles. The number of carbonyl (C=O) groups excluding carboxylic acids is 4. The number of ether oxygens (including phenoxy) is 1. The topological polar surface area (TPSA) is 108 Å². The number of hydrogen-bond donors (Lipinski definition) is 2. The number of anilines is 2. The fourth-order valence-electron chi connectivity index (χ4n) is 4.42. The van der Waals surface area contributed by atoms with Crippen LogP contribution in [-0.2, 0) is 20.8 Å². The minimum Gasteiger partial charge on any atom is -0.496 e. The highest BCUT2D eigenvalue weighted by Gasteiger charge is 2.49. The lowest BCUT2D eigenvalue weighted by molar-refractivity contribution is -0.134. The van der Waals surface area contributed by atoms with Crippen molar-refractivity contribution in [2.75, 3.05) is 23.9 Å². The van der Waals surface area contributed by atoms with Crippen LogP contribution in [0.15, 0.2) is 48.5 Å². The van der Waals surface area contributed by atoms with E-state index in [-0.39, 0.29) is 18.7 Å². The molecule has 0 spiro atoms. The third-order valence-electron chi connectivity index (χ3n) is 6.00. The molecule has 0 aliphatic carbocycles. The molecule has 9 heteroatoms. The maximum atomic E-state index is 13.3. The summed E-state index contributed by atoms with van der Waals surface area (Å²) in [5.74, 6) is -0.527. The fourth-order valence-corrected chi connectivity index (χ4v) is 4.42. The molecule has 33 heavy (non-hydrogen) atoms. The van der Waals surface area contributed by atoms with Crippen molar-refractivity contribution in [1.29, 1.82) is 0 Å². The molecule has 1 saturated heterocycles. The van der Waals surface area contributed by atoms with E-state index in [4.69, 9.17) is 4.74 Å². The second-order valence-corrected chi connectivity index (χ2v) is 8.52. The first kappa shape index (κ1) is 22.3. The Morgan fingerprint density at radius 2 is 1.82 bits per heavy atom. The number of imide groups is 1. The molecule has 0 aromatic heterocycles. The molecule has 2 atom stereocenters. The molecule has 0 radical (unpaired) electrons. The molecule has 2 N–H and O–H groups in total. The van der Waals surface area contributed by atoms with Gasteiger partial charge in [0.25, 0.3) is 5.91 Å². The maximum absolute atomic E-state index is 13.3. The van der Waals surface area contributed by atoms with Crippen molar-refractivity contribution in [1.82, 2.24) is 10.2 Å². The lowest BCUT2D eigenvalue weighted by Crippen LogP contribution is -2.48. The summed E-state index contributed by atoms with van der Waals surface area (Å²) in [5, 5.41) is 5.53. The normalized spacial score (nSPS) is 22.4. The number of methoxy groups -OCH3 is 1. The molecule has 0 bridgehead atoms. The second-order valence-electron chi connectivity index (χ2n) is 8.52. The zero-order valence-corrected chi connectivity index (χ0v) is 18.8. The van der Waals surface area contributed by atoms with Crippen LogP contribution in [-0.4, -0.2) is 53.9 Å². The van der Waals surface area contributed by atoms with E-state index in [0.29, 0.717) is 17.1 Å². The molecule has 4 rings (SSSR count). The number of carbonyl (C=O) groups is 4. The van der Waals surface area contributed by atoms with Crippen LogP contribution in [0.1, 0.15) is 25.8 Å². The molecule has 0 saturated carbocycles. The Hall–Kier alpha value is -3.88. The van der Waals surface area contributed by atoms with Gasteiger partial charge in [0, 0.05) is 18.9 Å². The Balaban J connectivity index is 1.57. The molecule has 9 nitrogen and oxygen atoms in total. The summed E-state index contributed by atoms with van der Waals surface area (Å²) in [5.41, 5.74) is 0.596. The van der Waals surface area contributed by atoms with Gasteiger partial charge in [0.1, 0.15) is 17.8 Å². The van der Waals surface area contributed by atoms with Gasteiger partial charge in [-0.2, -0.15) is 0 Å². The number of fused-ring (bicyclic) bond motifs is 1. The first-order valence-electron chi connectivity index (χ1n) is 10.7. The summed E-state index contributed by atoms with van der Waals surface area (Å²) in [6, 6.07) is 13.2. The van der Waals surface area contributed by atoms with Gasteiger partial charge in [-0.15, -0.1) is 0 Å². The van der Waals surface area contributed by atoms with Crippen molar-refractivity contribution in [3.8, 4) is 5.75 Å². The van der Waals surface area contributed by atoms with Gasteiger partial charge in [-0.25, -0.2) is 4.79 Å². The molecule has 2 aliphatic heterocycles. The highest BCUT2D eigenvalue weighted by atomic mass is 16.5. The molecule has 172 valence electrons. The van der Waals surface area contributed by atoms with Crippen LogP contribution in [0.3, 0.4) is 0 Å². The minimum absolute atomic E-state index is 0.103. The zero-order chi connectivity index (χ0) is 23.8. The standard InChI is InChI=1S/C24H26N4O5/c1-15-12-20(29)25-17-9-5-6-10-18(17)28(15)21(30)14-27-22(31)24(2,26-23(27)32)13-16-8-4-7-11-19(16)33-3/h4-11,15H,12-14H2,1-3H3,(H,25,29)(H,26,32)/t15-,24+/m0/s1. The zero-order valence-electron chi connectivity index (χ0n) is 18.8. The smallest absolute Gasteiger partial charge is 0.325 e. The average molecular weight is 450 g/mol. The molecule has 2 aromatic rings. The summed E-state index contributed by atoms with van der Waals surface area (Å²) >= 11 is 0. The van der Waals surface area contributed by atoms with E-state index in [0.717, 1.165) is 10.5 Å². The third kappa shape index (κ3) is 4.13. The van der Waals surface area contributed by atoms with Gasteiger partial charge in [0.2, 0.25) is 11.8 Å². The van der Waals surface area contributed by atoms with Crippen molar-refractivity contribution in [2.45, 2.75) is 38.3 Å². The third-order valence-corrected chi connectivity index (χ3v) is 6.00. The lowest BCUT2D eigenvalue weighted by atomic mass is 9.92. The molecule has 5 amide bonds. The van der Waals surface area contributed by atoms with Crippen molar-refractivity contribution < 1.29 is 23.9 Å². The lowest BCUT2D eigenvalue weighted by Gasteiger charge is -2.29. The van der Waals surface area contributed by atoms with E-state index < -0.39 is 36.0 Å². The Morgan fingerprint density at radius 3 is 2.58 bits per heavy atom. The van der Waals surface area contributed by atoms with E-state index in [1.807, 2.05) is 18.2 Å². The SMILES string of the molecule is COc1ccccc1C[C@@]1(C)NC(=O)N(CC(=O)N2c3ccccc3NC(=O)C[C@@H]2C)C1=O. The molecular weight excluding hydrogens is 424 g/mol. The van der Waals surface area contributed by atoms with E-state index in [2.05, 4.69) is 10.6 Å².